The number of nitrogen functional groups attached to an aromatic ring is 1. The number of phenolic OH excluding ortho intramolecular Hbond substituents is 1. The molecule has 2 aromatic heterocycles. The van der Waals surface area contributed by atoms with Gasteiger partial charge in [-0.1, -0.05) is 6.07 Å². The molecule has 0 saturated heterocycles. The molecular formula is C18H16N4O3. The van der Waals surface area contributed by atoms with Crippen molar-refractivity contribution in [3.63, 3.8) is 0 Å². The number of phenols is 1. The zero-order valence-electron chi connectivity index (χ0n) is 13.7. The topological polar surface area (TPSA) is 106 Å². The molecule has 2 heterocycles. The number of rotatable bonds is 2. The summed E-state index contributed by atoms with van der Waals surface area (Å²) in [6.45, 7) is 1.93. The molecule has 2 aromatic carbocycles. The van der Waals surface area contributed by atoms with Gasteiger partial charge in [-0.15, -0.1) is 0 Å². The van der Waals surface area contributed by atoms with Gasteiger partial charge in [0.25, 0.3) is 5.56 Å². The first-order valence-electron chi connectivity index (χ1n) is 7.68. The molecule has 0 aliphatic heterocycles. The van der Waals surface area contributed by atoms with Crippen LogP contribution in [-0.4, -0.2) is 27.0 Å². The predicted octanol–water partition coefficient (Wildman–Crippen LogP) is 2.47. The summed E-state index contributed by atoms with van der Waals surface area (Å²) in [7, 11) is 1.59. The molecule has 4 N–H and O–H groups in total. The van der Waals surface area contributed by atoms with Crippen LogP contribution < -0.4 is 16.0 Å². The minimum absolute atomic E-state index is 0.0681. The standard InChI is InChI=1S/C18H16N4O3/c1-9-3-5-11(25-2)8-14(9)22-17(19)15-16(21-22)12-6-4-10(23)7-13(12)20-18(15)24/h3-8,23H,19H2,1-2H3,(H,20,24). The number of nitrogens with two attached hydrogens (primary N) is 1. The van der Waals surface area contributed by atoms with E-state index in [4.69, 9.17) is 10.5 Å². The summed E-state index contributed by atoms with van der Waals surface area (Å²) >= 11 is 0. The second-order valence-electron chi connectivity index (χ2n) is 5.86. The fourth-order valence-corrected chi connectivity index (χ4v) is 3.00. The summed E-state index contributed by atoms with van der Waals surface area (Å²) in [5.41, 5.74) is 8.56. The van der Waals surface area contributed by atoms with Gasteiger partial charge in [-0.05, 0) is 30.7 Å². The molecule has 0 aliphatic carbocycles. The third-order valence-corrected chi connectivity index (χ3v) is 4.30. The van der Waals surface area contributed by atoms with E-state index < -0.39 is 0 Å². The maximum atomic E-state index is 12.5. The number of fused-ring (bicyclic) bond motifs is 3. The lowest BCUT2D eigenvalue weighted by Gasteiger charge is -2.09. The van der Waals surface area contributed by atoms with Gasteiger partial charge >= 0.3 is 0 Å². The van der Waals surface area contributed by atoms with Crippen molar-refractivity contribution in [1.82, 2.24) is 14.8 Å². The third kappa shape index (κ3) is 2.20. The van der Waals surface area contributed by atoms with Crippen LogP contribution in [0.1, 0.15) is 5.56 Å². The molecule has 7 heteroatoms. The van der Waals surface area contributed by atoms with Gasteiger partial charge in [-0.3, -0.25) is 4.79 Å². The molecular weight excluding hydrogens is 320 g/mol. The van der Waals surface area contributed by atoms with Gasteiger partial charge in [0.1, 0.15) is 28.2 Å². The van der Waals surface area contributed by atoms with E-state index in [0.717, 1.165) is 11.3 Å². The second-order valence-corrected chi connectivity index (χ2v) is 5.86. The molecule has 0 amide bonds. The number of benzene rings is 2. The van der Waals surface area contributed by atoms with Crippen molar-refractivity contribution >= 4 is 27.6 Å². The molecule has 0 bridgehead atoms. The highest BCUT2D eigenvalue weighted by molar-refractivity contribution is 6.07. The number of pyridine rings is 1. The quantitative estimate of drug-likeness (QED) is 0.521. The van der Waals surface area contributed by atoms with Crippen molar-refractivity contribution in [3.8, 4) is 17.2 Å². The number of nitrogens with one attached hydrogen (secondary N) is 1. The molecule has 25 heavy (non-hydrogen) atoms. The van der Waals surface area contributed by atoms with Gasteiger partial charge in [-0.2, -0.15) is 5.10 Å². The van der Waals surface area contributed by atoms with Gasteiger partial charge in [0.2, 0.25) is 0 Å². The minimum Gasteiger partial charge on any atom is -0.508 e. The van der Waals surface area contributed by atoms with Crippen LogP contribution in [0.25, 0.3) is 27.5 Å². The Bertz CT molecular complexity index is 1190. The van der Waals surface area contributed by atoms with Crippen LogP contribution in [0.5, 0.6) is 11.5 Å². The number of methoxy groups -OCH3 is 1. The Balaban J connectivity index is 2.11. The number of anilines is 1. The van der Waals surface area contributed by atoms with E-state index in [1.165, 1.54) is 6.07 Å². The summed E-state index contributed by atoms with van der Waals surface area (Å²) in [5, 5.41) is 15.2. The van der Waals surface area contributed by atoms with Crippen molar-refractivity contribution < 1.29 is 9.84 Å². The van der Waals surface area contributed by atoms with E-state index in [1.54, 1.807) is 23.9 Å². The number of ether oxygens (including phenoxy) is 1. The van der Waals surface area contributed by atoms with Gasteiger partial charge in [0, 0.05) is 17.5 Å². The van der Waals surface area contributed by atoms with Crippen LogP contribution in [0.4, 0.5) is 5.82 Å². The Morgan fingerprint density at radius 2 is 2.04 bits per heavy atom. The minimum atomic E-state index is -0.350. The molecule has 0 radical (unpaired) electrons. The summed E-state index contributed by atoms with van der Waals surface area (Å²) in [6, 6.07) is 10.3. The highest BCUT2D eigenvalue weighted by Gasteiger charge is 2.18. The van der Waals surface area contributed by atoms with Crippen molar-refractivity contribution in [1.29, 1.82) is 0 Å². The third-order valence-electron chi connectivity index (χ3n) is 4.30. The van der Waals surface area contributed by atoms with Crippen LogP contribution >= 0.6 is 0 Å². The Labute approximate surface area is 142 Å². The number of aromatic amines is 1. The monoisotopic (exact) mass is 336 g/mol. The predicted molar refractivity (Wildman–Crippen MR) is 96.6 cm³/mol. The zero-order chi connectivity index (χ0) is 17.7. The number of aromatic hydroxyl groups is 1. The van der Waals surface area contributed by atoms with Crippen LogP contribution in [0, 0.1) is 6.92 Å². The van der Waals surface area contributed by atoms with E-state index in [2.05, 4.69) is 10.1 Å². The lowest BCUT2D eigenvalue weighted by atomic mass is 10.1. The Kier molecular flexibility index (Phi) is 3.18. The Hall–Kier alpha value is -3.48. The van der Waals surface area contributed by atoms with Crippen molar-refractivity contribution in [2.75, 3.05) is 12.8 Å². The molecule has 0 aliphatic rings. The second kappa shape index (κ2) is 5.27. The van der Waals surface area contributed by atoms with E-state index in [1.807, 2.05) is 25.1 Å². The van der Waals surface area contributed by atoms with Gasteiger partial charge in [0.05, 0.1) is 18.3 Å². The largest absolute Gasteiger partial charge is 0.508 e. The number of H-pyrrole nitrogens is 1. The number of aromatic nitrogens is 3. The van der Waals surface area contributed by atoms with Crippen LogP contribution in [-0.2, 0) is 0 Å². The average Bonchev–Trinajstić information content (AvgIpc) is 2.93. The first-order chi connectivity index (χ1) is 12.0. The van der Waals surface area contributed by atoms with E-state index in [0.29, 0.717) is 27.6 Å². The van der Waals surface area contributed by atoms with E-state index >= 15 is 0 Å². The Morgan fingerprint density at radius 1 is 1.24 bits per heavy atom. The Morgan fingerprint density at radius 3 is 2.80 bits per heavy atom. The van der Waals surface area contributed by atoms with Crippen molar-refractivity contribution in [2.45, 2.75) is 6.92 Å². The summed E-state index contributed by atoms with van der Waals surface area (Å²) < 4.78 is 6.82. The van der Waals surface area contributed by atoms with Gasteiger partial charge < -0.3 is 20.6 Å². The van der Waals surface area contributed by atoms with Crippen molar-refractivity contribution in [3.05, 3.63) is 52.3 Å². The van der Waals surface area contributed by atoms with Crippen LogP contribution in [0.15, 0.2) is 41.2 Å². The smallest absolute Gasteiger partial charge is 0.261 e. The van der Waals surface area contributed by atoms with Crippen LogP contribution in [0.3, 0.4) is 0 Å². The molecule has 0 spiro atoms. The lowest BCUT2D eigenvalue weighted by Crippen LogP contribution is -2.08. The maximum absolute atomic E-state index is 12.5. The normalized spacial score (nSPS) is 11.3. The number of hydrogen-bond acceptors (Lipinski definition) is 5. The van der Waals surface area contributed by atoms with Gasteiger partial charge in [0.15, 0.2) is 0 Å². The number of aryl methyl sites for hydroxylation is 1. The first-order valence-corrected chi connectivity index (χ1v) is 7.68. The molecule has 0 unspecified atom stereocenters. The first kappa shape index (κ1) is 15.1. The molecule has 0 atom stereocenters. The summed E-state index contributed by atoms with van der Waals surface area (Å²) in [6.07, 6.45) is 0. The maximum Gasteiger partial charge on any atom is 0.261 e. The summed E-state index contributed by atoms with van der Waals surface area (Å²) in [5.74, 6) is 0.990. The molecule has 0 fully saturated rings. The summed E-state index contributed by atoms with van der Waals surface area (Å²) in [4.78, 5) is 15.2. The lowest BCUT2D eigenvalue weighted by molar-refractivity contribution is 0.414. The molecule has 7 nitrogen and oxygen atoms in total. The fraction of sp³-hybridized carbons (Fsp3) is 0.111. The molecule has 4 rings (SSSR count). The molecule has 4 aromatic rings. The average molecular weight is 336 g/mol. The van der Waals surface area contributed by atoms with Gasteiger partial charge in [-0.25, -0.2) is 4.68 Å². The highest BCUT2D eigenvalue weighted by atomic mass is 16.5. The van der Waals surface area contributed by atoms with E-state index in [-0.39, 0.29) is 17.1 Å². The number of hydrogen-bond donors (Lipinski definition) is 3. The number of nitrogens with zero attached hydrogens (tertiary/aromatic N) is 2. The molecule has 126 valence electrons. The zero-order valence-corrected chi connectivity index (χ0v) is 13.7. The molecule has 0 saturated carbocycles. The SMILES string of the molecule is COc1ccc(C)c(-n2nc3c(c2N)c(=O)[nH]c2cc(O)ccc23)c1. The van der Waals surface area contributed by atoms with E-state index in [9.17, 15) is 9.90 Å². The van der Waals surface area contributed by atoms with Crippen molar-refractivity contribution in [2.24, 2.45) is 0 Å². The van der Waals surface area contributed by atoms with Crippen LogP contribution in [0.2, 0.25) is 0 Å². The fourth-order valence-electron chi connectivity index (χ4n) is 3.00. The highest BCUT2D eigenvalue weighted by Crippen LogP contribution is 2.30.